The molecule has 0 rings (SSSR count). The zero-order valence-electron chi connectivity index (χ0n) is 13.5. The molecule has 0 N–H and O–H groups in total. The van der Waals surface area contributed by atoms with Gasteiger partial charge in [-0.25, -0.2) is 0 Å². The maximum atomic E-state index is 5.51. The van der Waals surface area contributed by atoms with E-state index in [9.17, 15) is 0 Å². The van der Waals surface area contributed by atoms with Crippen LogP contribution in [0.1, 0.15) is 85.0 Å². The largest absolute Gasteiger partial charge is 0.274 e. The van der Waals surface area contributed by atoms with Crippen LogP contribution >= 0.6 is 0 Å². The van der Waals surface area contributed by atoms with Crippen LogP contribution in [0.5, 0.6) is 0 Å². The Bertz CT molecular complexity index is 165. The molecular weight excluding hydrogens is 238 g/mol. The highest BCUT2D eigenvalue weighted by molar-refractivity contribution is 4.47. The summed E-state index contributed by atoms with van der Waals surface area (Å²) in [4.78, 5) is 10.8. The van der Waals surface area contributed by atoms with Gasteiger partial charge in [-0.1, -0.05) is 69.9 Å². The Morgan fingerprint density at radius 1 is 0.632 bits per heavy atom. The summed E-state index contributed by atoms with van der Waals surface area (Å²) in [5.41, 5.74) is 0. The molecule has 0 fully saturated rings. The van der Waals surface area contributed by atoms with Gasteiger partial charge in [0.15, 0.2) is 0 Å². The molecule has 19 heavy (non-hydrogen) atoms. The van der Waals surface area contributed by atoms with Crippen LogP contribution in [0, 0.1) is 0 Å². The van der Waals surface area contributed by atoms with Crippen molar-refractivity contribution in [3.05, 3.63) is 0 Å². The number of nitrogens with zero attached hydrogens (tertiary/aromatic N) is 1. The fourth-order valence-corrected chi connectivity index (χ4v) is 2.12. The first-order chi connectivity index (χ1) is 9.35. The zero-order valence-corrected chi connectivity index (χ0v) is 13.5. The molecule has 0 saturated heterocycles. The third-order valence-corrected chi connectivity index (χ3v) is 3.26. The van der Waals surface area contributed by atoms with Crippen molar-refractivity contribution in [3.63, 3.8) is 0 Å². The predicted octanol–water partition coefficient (Wildman–Crippen LogP) is 5.11. The van der Waals surface area contributed by atoms with Crippen LogP contribution in [0.25, 0.3) is 0 Å². The first-order valence-electron chi connectivity index (χ1n) is 8.38. The highest BCUT2D eigenvalue weighted by Gasteiger charge is 2.00. The summed E-state index contributed by atoms with van der Waals surface area (Å²) in [5.74, 6) is 0. The van der Waals surface area contributed by atoms with Crippen molar-refractivity contribution < 1.29 is 9.68 Å². The molecule has 116 valence electrons. The van der Waals surface area contributed by atoms with Crippen molar-refractivity contribution >= 4 is 0 Å². The Labute approximate surface area is 120 Å². The summed E-state index contributed by atoms with van der Waals surface area (Å²) in [6.45, 7) is 8.52. The van der Waals surface area contributed by atoms with Gasteiger partial charge in [0.1, 0.15) is 0 Å². The number of unbranched alkanes of at least 4 members (excludes halogenated alkanes) is 9. The SMILES string of the molecule is CCCCCCCCCCCCON(CC)OCC. The molecule has 0 aliphatic carbocycles. The zero-order chi connectivity index (χ0) is 14.2. The lowest BCUT2D eigenvalue weighted by Crippen LogP contribution is -2.24. The Kier molecular flexibility index (Phi) is 15.8. The number of hydrogen-bond acceptors (Lipinski definition) is 3. The van der Waals surface area contributed by atoms with Gasteiger partial charge in [-0.15, -0.1) is 0 Å². The fraction of sp³-hybridized carbons (Fsp3) is 1.00. The summed E-state index contributed by atoms with van der Waals surface area (Å²) < 4.78 is 0. The lowest BCUT2D eigenvalue weighted by atomic mass is 10.1. The van der Waals surface area contributed by atoms with Crippen molar-refractivity contribution in [2.75, 3.05) is 19.8 Å². The summed E-state index contributed by atoms with van der Waals surface area (Å²) in [6, 6.07) is 0. The molecule has 0 amide bonds. The fourth-order valence-electron chi connectivity index (χ4n) is 2.12. The van der Waals surface area contributed by atoms with Crippen molar-refractivity contribution in [2.24, 2.45) is 0 Å². The third-order valence-electron chi connectivity index (χ3n) is 3.26. The van der Waals surface area contributed by atoms with Gasteiger partial charge in [-0.05, 0) is 20.3 Å². The van der Waals surface area contributed by atoms with E-state index in [4.69, 9.17) is 9.68 Å². The number of hydroxylamine groups is 2. The second kappa shape index (κ2) is 15.9. The predicted molar refractivity (Wildman–Crippen MR) is 81.8 cm³/mol. The van der Waals surface area contributed by atoms with E-state index >= 15 is 0 Å². The van der Waals surface area contributed by atoms with Crippen molar-refractivity contribution in [1.29, 1.82) is 0 Å². The van der Waals surface area contributed by atoms with E-state index in [2.05, 4.69) is 6.92 Å². The van der Waals surface area contributed by atoms with Gasteiger partial charge in [-0.2, -0.15) is 0 Å². The smallest absolute Gasteiger partial charge is 0.0711 e. The number of rotatable bonds is 15. The van der Waals surface area contributed by atoms with Gasteiger partial charge < -0.3 is 0 Å². The van der Waals surface area contributed by atoms with Crippen LogP contribution in [-0.4, -0.2) is 25.0 Å². The first kappa shape index (κ1) is 18.9. The molecule has 0 radical (unpaired) electrons. The standard InChI is InChI=1S/C16H35NO2/c1-4-7-8-9-10-11-12-13-14-15-16-19-17(5-2)18-6-3/h4-16H2,1-3H3. The number of hydrogen-bond donors (Lipinski definition) is 0. The maximum absolute atomic E-state index is 5.51. The normalized spacial score (nSPS) is 11.4. The van der Waals surface area contributed by atoms with E-state index in [0.717, 1.165) is 19.6 Å². The van der Waals surface area contributed by atoms with Crippen molar-refractivity contribution in [1.82, 2.24) is 5.23 Å². The Hall–Kier alpha value is -0.120. The van der Waals surface area contributed by atoms with Gasteiger partial charge in [0, 0.05) is 6.54 Å². The van der Waals surface area contributed by atoms with Gasteiger partial charge >= 0.3 is 0 Å². The van der Waals surface area contributed by atoms with E-state index in [0.29, 0.717) is 6.61 Å². The molecule has 0 heterocycles. The topological polar surface area (TPSA) is 21.7 Å². The molecule has 0 aromatic carbocycles. The summed E-state index contributed by atoms with van der Waals surface area (Å²) >= 11 is 0. The van der Waals surface area contributed by atoms with Gasteiger partial charge in [0.05, 0.1) is 13.2 Å². The van der Waals surface area contributed by atoms with Crippen LogP contribution in [0.2, 0.25) is 0 Å². The van der Waals surface area contributed by atoms with E-state index in [1.807, 2.05) is 13.8 Å². The maximum Gasteiger partial charge on any atom is 0.0711 e. The molecule has 0 aliphatic heterocycles. The lowest BCUT2D eigenvalue weighted by molar-refractivity contribution is -0.364. The molecule has 0 aromatic rings. The van der Waals surface area contributed by atoms with Crippen LogP contribution < -0.4 is 0 Å². The van der Waals surface area contributed by atoms with Gasteiger partial charge in [-0.3, -0.25) is 9.68 Å². The lowest BCUT2D eigenvalue weighted by Gasteiger charge is -2.18. The Balaban J connectivity index is 3.09. The van der Waals surface area contributed by atoms with Gasteiger partial charge in [0.25, 0.3) is 0 Å². The minimum absolute atomic E-state index is 0.672. The van der Waals surface area contributed by atoms with E-state index in [1.54, 1.807) is 5.23 Å². The summed E-state index contributed by atoms with van der Waals surface area (Å²) in [6.07, 6.45) is 13.6. The third kappa shape index (κ3) is 14.1. The molecule has 0 aromatic heterocycles. The highest BCUT2D eigenvalue weighted by Crippen LogP contribution is 2.10. The molecule has 0 saturated carbocycles. The minimum Gasteiger partial charge on any atom is -0.274 e. The second-order valence-corrected chi connectivity index (χ2v) is 5.08. The second-order valence-electron chi connectivity index (χ2n) is 5.08. The monoisotopic (exact) mass is 273 g/mol. The Morgan fingerprint density at radius 2 is 1.16 bits per heavy atom. The minimum atomic E-state index is 0.672. The van der Waals surface area contributed by atoms with E-state index < -0.39 is 0 Å². The quantitative estimate of drug-likeness (QED) is 0.305. The molecule has 0 atom stereocenters. The Morgan fingerprint density at radius 3 is 1.63 bits per heavy atom. The van der Waals surface area contributed by atoms with Crippen molar-refractivity contribution in [3.8, 4) is 0 Å². The molecule has 3 nitrogen and oxygen atoms in total. The van der Waals surface area contributed by atoms with E-state index in [-0.39, 0.29) is 0 Å². The molecular formula is C16H35NO2. The summed E-state index contributed by atoms with van der Waals surface area (Å²) in [5, 5.41) is 1.59. The molecule has 0 bridgehead atoms. The molecule has 3 heteroatoms. The average molecular weight is 273 g/mol. The molecule has 0 unspecified atom stereocenters. The van der Waals surface area contributed by atoms with Crippen molar-refractivity contribution in [2.45, 2.75) is 85.0 Å². The average Bonchev–Trinajstić information content (AvgIpc) is 2.43. The van der Waals surface area contributed by atoms with Crippen LogP contribution in [0.4, 0.5) is 0 Å². The first-order valence-corrected chi connectivity index (χ1v) is 8.38. The highest BCUT2D eigenvalue weighted by atomic mass is 16.9. The summed E-state index contributed by atoms with van der Waals surface area (Å²) in [7, 11) is 0. The molecule has 0 spiro atoms. The van der Waals surface area contributed by atoms with E-state index in [1.165, 1.54) is 57.8 Å². The van der Waals surface area contributed by atoms with Crippen LogP contribution in [0.15, 0.2) is 0 Å². The van der Waals surface area contributed by atoms with Crippen LogP contribution in [-0.2, 0) is 9.68 Å². The molecule has 0 aliphatic rings. The van der Waals surface area contributed by atoms with Crippen LogP contribution in [0.3, 0.4) is 0 Å². The van der Waals surface area contributed by atoms with Gasteiger partial charge in [0.2, 0.25) is 0 Å².